The van der Waals surface area contributed by atoms with Crippen LogP contribution in [0.4, 0.5) is 4.79 Å². The molecule has 1 fully saturated rings. The lowest BCUT2D eigenvalue weighted by Gasteiger charge is -2.12. The number of hydrogen-bond donors (Lipinski definition) is 0. The summed E-state index contributed by atoms with van der Waals surface area (Å²) in [5, 5.41) is -0.0943. The topological polar surface area (TPSA) is 54.7 Å². The first-order valence-electron chi connectivity index (χ1n) is 7.14. The van der Waals surface area contributed by atoms with E-state index in [0.717, 1.165) is 43.1 Å². The van der Waals surface area contributed by atoms with Gasteiger partial charge in [-0.1, -0.05) is 24.2 Å². The van der Waals surface area contributed by atoms with Crippen molar-refractivity contribution in [3.8, 4) is 0 Å². The smallest absolute Gasteiger partial charge is 0.288 e. The molecule has 110 valence electrons. The van der Waals surface area contributed by atoms with Crippen molar-refractivity contribution in [1.29, 1.82) is 0 Å². The zero-order valence-corrected chi connectivity index (χ0v) is 12.5. The van der Waals surface area contributed by atoms with E-state index >= 15 is 0 Å². The number of imidazole rings is 1. The summed E-state index contributed by atoms with van der Waals surface area (Å²) in [4.78, 5) is 28.6. The van der Waals surface area contributed by atoms with Gasteiger partial charge in [0.05, 0.1) is 5.75 Å². The molecule has 2 aromatic heterocycles. The number of unbranched alkanes of at least 4 members (excludes halogenated alkanes) is 2. The maximum Gasteiger partial charge on any atom is 0.288 e. The number of carbonyl (C=O) groups excluding carboxylic acids is 2. The Kier molecular flexibility index (Phi) is 4.24. The van der Waals surface area contributed by atoms with Gasteiger partial charge in [0.15, 0.2) is 0 Å². The average Bonchev–Trinajstić information content (AvgIpc) is 3.08. The quantitative estimate of drug-likeness (QED) is 0.770. The van der Waals surface area contributed by atoms with Crippen LogP contribution in [0.1, 0.15) is 25.0 Å². The molecule has 2 aromatic rings. The lowest BCUT2D eigenvalue weighted by atomic mass is 10.1. The lowest BCUT2D eigenvalue weighted by molar-refractivity contribution is -0.124. The number of rotatable bonds is 6. The lowest BCUT2D eigenvalue weighted by Crippen LogP contribution is -2.29. The van der Waals surface area contributed by atoms with Crippen molar-refractivity contribution in [3.05, 3.63) is 36.3 Å². The summed E-state index contributed by atoms with van der Waals surface area (Å²) < 4.78 is 2.10. The van der Waals surface area contributed by atoms with Gasteiger partial charge < -0.3 is 4.40 Å². The van der Waals surface area contributed by atoms with Gasteiger partial charge in [-0.15, -0.1) is 0 Å². The first-order chi connectivity index (χ1) is 10.3. The third kappa shape index (κ3) is 3.10. The van der Waals surface area contributed by atoms with Gasteiger partial charge in [-0.3, -0.25) is 14.5 Å². The van der Waals surface area contributed by atoms with Crippen molar-refractivity contribution in [2.45, 2.75) is 25.7 Å². The van der Waals surface area contributed by atoms with E-state index in [0.29, 0.717) is 12.3 Å². The molecule has 2 amide bonds. The fraction of sp³-hybridized carbons (Fsp3) is 0.400. The van der Waals surface area contributed by atoms with Crippen molar-refractivity contribution < 1.29 is 9.59 Å². The molecule has 6 heteroatoms. The maximum atomic E-state index is 11.5. The number of carbonyl (C=O) groups is 2. The van der Waals surface area contributed by atoms with Gasteiger partial charge in [0.1, 0.15) is 5.65 Å². The molecule has 3 heterocycles. The third-order valence-corrected chi connectivity index (χ3v) is 4.53. The minimum absolute atomic E-state index is 0.0480. The summed E-state index contributed by atoms with van der Waals surface area (Å²) in [5.41, 5.74) is 2.21. The molecule has 0 aromatic carbocycles. The molecule has 0 atom stereocenters. The Hall–Kier alpha value is -1.82. The Morgan fingerprint density at radius 2 is 2.10 bits per heavy atom. The number of pyridine rings is 1. The summed E-state index contributed by atoms with van der Waals surface area (Å²) in [5.74, 6) is 0.259. The Bertz CT molecular complexity index is 652. The predicted octanol–water partition coefficient (Wildman–Crippen LogP) is 2.74. The second kappa shape index (κ2) is 6.30. The Morgan fingerprint density at radius 1 is 1.19 bits per heavy atom. The number of fused-ring (bicyclic) bond motifs is 1. The van der Waals surface area contributed by atoms with Crippen LogP contribution in [0.25, 0.3) is 5.65 Å². The Morgan fingerprint density at radius 3 is 2.90 bits per heavy atom. The Labute approximate surface area is 127 Å². The second-order valence-electron chi connectivity index (χ2n) is 5.08. The summed E-state index contributed by atoms with van der Waals surface area (Å²) in [6, 6.07) is 6.13. The van der Waals surface area contributed by atoms with Gasteiger partial charge in [0, 0.05) is 24.6 Å². The van der Waals surface area contributed by atoms with Crippen LogP contribution < -0.4 is 0 Å². The number of imide groups is 1. The minimum atomic E-state index is -0.0943. The number of aryl methyl sites for hydroxylation is 1. The van der Waals surface area contributed by atoms with Gasteiger partial charge in [-0.05, 0) is 31.4 Å². The predicted molar refractivity (Wildman–Crippen MR) is 82.3 cm³/mol. The van der Waals surface area contributed by atoms with E-state index in [4.69, 9.17) is 0 Å². The molecule has 1 saturated heterocycles. The first-order valence-corrected chi connectivity index (χ1v) is 8.12. The van der Waals surface area contributed by atoms with Crippen LogP contribution in [-0.4, -0.2) is 37.7 Å². The standard InChI is InChI=1S/C15H17N3O2S/c19-14-11-21-15(20)18(14)9-3-1-2-5-12-6-4-7-13-16-8-10-17(12)13/h4,6-8,10H,1-3,5,9,11H2. The van der Waals surface area contributed by atoms with E-state index in [1.54, 1.807) is 6.20 Å². The molecule has 1 aliphatic heterocycles. The fourth-order valence-corrected chi connectivity index (χ4v) is 3.31. The maximum absolute atomic E-state index is 11.5. The molecule has 0 saturated carbocycles. The summed E-state index contributed by atoms with van der Waals surface area (Å²) in [6.45, 7) is 0.555. The molecular formula is C15H17N3O2S. The van der Waals surface area contributed by atoms with Gasteiger partial charge in [-0.2, -0.15) is 0 Å². The molecule has 21 heavy (non-hydrogen) atoms. The number of thioether (sulfide) groups is 1. The normalized spacial score (nSPS) is 15.3. The van der Waals surface area contributed by atoms with Crippen molar-refractivity contribution in [2.24, 2.45) is 0 Å². The van der Waals surface area contributed by atoms with E-state index in [2.05, 4.69) is 15.5 Å². The second-order valence-corrected chi connectivity index (χ2v) is 6.01. The fourth-order valence-electron chi connectivity index (χ4n) is 2.56. The van der Waals surface area contributed by atoms with Crippen molar-refractivity contribution in [3.63, 3.8) is 0 Å². The molecule has 0 unspecified atom stereocenters. The number of aromatic nitrogens is 2. The average molecular weight is 303 g/mol. The largest absolute Gasteiger partial charge is 0.304 e. The van der Waals surface area contributed by atoms with Crippen molar-refractivity contribution in [2.75, 3.05) is 12.3 Å². The number of amides is 2. The number of hydrogen-bond acceptors (Lipinski definition) is 4. The van der Waals surface area contributed by atoms with Crippen LogP contribution in [0.5, 0.6) is 0 Å². The Balaban J connectivity index is 1.45. The highest BCUT2D eigenvalue weighted by molar-refractivity contribution is 8.14. The molecule has 3 rings (SSSR count). The van der Waals surface area contributed by atoms with E-state index in [-0.39, 0.29) is 11.1 Å². The van der Waals surface area contributed by atoms with Crippen LogP contribution in [0.3, 0.4) is 0 Å². The molecule has 0 N–H and O–H groups in total. The summed E-state index contributed by atoms with van der Waals surface area (Å²) >= 11 is 1.10. The molecule has 0 bridgehead atoms. The van der Waals surface area contributed by atoms with Crippen LogP contribution in [-0.2, 0) is 11.2 Å². The summed E-state index contributed by atoms with van der Waals surface area (Å²) in [6.07, 6.45) is 7.68. The van der Waals surface area contributed by atoms with Crippen LogP contribution >= 0.6 is 11.8 Å². The zero-order valence-electron chi connectivity index (χ0n) is 11.7. The highest BCUT2D eigenvalue weighted by Crippen LogP contribution is 2.19. The minimum Gasteiger partial charge on any atom is -0.304 e. The zero-order chi connectivity index (χ0) is 14.7. The number of nitrogens with zero attached hydrogens (tertiary/aromatic N) is 3. The van der Waals surface area contributed by atoms with E-state index in [1.807, 2.05) is 18.3 Å². The molecule has 5 nitrogen and oxygen atoms in total. The van der Waals surface area contributed by atoms with Gasteiger partial charge in [0.25, 0.3) is 5.24 Å². The molecule has 0 aliphatic carbocycles. The molecule has 0 spiro atoms. The van der Waals surface area contributed by atoms with Crippen molar-refractivity contribution >= 4 is 28.6 Å². The highest BCUT2D eigenvalue weighted by Gasteiger charge is 2.28. The van der Waals surface area contributed by atoms with Gasteiger partial charge in [-0.25, -0.2) is 4.98 Å². The van der Waals surface area contributed by atoms with E-state index < -0.39 is 0 Å². The molecule has 0 radical (unpaired) electrons. The van der Waals surface area contributed by atoms with Crippen molar-refractivity contribution in [1.82, 2.24) is 14.3 Å². The van der Waals surface area contributed by atoms with Crippen LogP contribution in [0, 0.1) is 0 Å². The van der Waals surface area contributed by atoms with Gasteiger partial charge in [0.2, 0.25) is 5.91 Å². The highest BCUT2D eigenvalue weighted by atomic mass is 32.2. The first kappa shape index (κ1) is 14.1. The van der Waals surface area contributed by atoms with Crippen LogP contribution in [0.2, 0.25) is 0 Å². The molecular weight excluding hydrogens is 286 g/mol. The summed E-state index contributed by atoms with van der Waals surface area (Å²) in [7, 11) is 0. The monoisotopic (exact) mass is 303 g/mol. The van der Waals surface area contributed by atoms with E-state index in [9.17, 15) is 9.59 Å². The van der Waals surface area contributed by atoms with E-state index in [1.165, 1.54) is 10.6 Å². The van der Waals surface area contributed by atoms with Gasteiger partial charge >= 0.3 is 0 Å². The SMILES string of the molecule is O=C1CSC(=O)N1CCCCCc1cccc2nccn12. The van der Waals surface area contributed by atoms with Crippen LogP contribution in [0.15, 0.2) is 30.6 Å². The molecule has 1 aliphatic rings. The third-order valence-electron chi connectivity index (χ3n) is 3.67.